The van der Waals surface area contributed by atoms with Gasteiger partial charge in [0.25, 0.3) is 5.91 Å². The van der Waals surface area contributed by atoms with Gasteiger partial charge < -0.3 is 10.6 Å². The molecule has 0 unspecified atom stereocenters. The van der Waals surface area contributed by atoms with Gasteiger partial charge >= 0.3 is 0 Å². The van der Waals surface area contributed by atoms with E-state index in [1.807, 2.05) is 48.5 Å². The van der Waals surface area contributed by atoms with Crippen LogP contribution in [0.1, 0.15) is 22.8 Å². The van der Waals surface area contributed by atoms with E-state index in [2.05, 4.69) is 0 Å². The predicted molar refractivity (Wildman–Crippen MR) is 90.8 cm³/mol. The Hall–Kier alpha value is -2.62. The molecule has 0 spiro atoms. The Morgan fingerprint density at radius 3 is 2.04 bits per heavy atom. The largest absolute Gasteiger partial charge is 0.369 e. The molecule has 0 aliphatic carbocycles. The molecule has 2 rings (SSSR count). The second-order valence-electron chi connectivity index (χ2n) is 5.73. The molecule has 2 atom stereocenters. The molecule has 0 fully saturated rings. The van der Waals surface area contributed by atoms with Crippen molar-refractivity contribution < 1.29 is 9.59 Å². The molecule has 4 nitrogen and oxygen atoms in total. The number of carbonyl (C=O) groups excluding carboxylic acids is 2. The zero-order valence-corrected chi connectivity index (χ0v) is 13.5. The van der Waals surface area contributed by atoms with Gasteiger partial charge in [0.05, 0.1) is 5.92 Å². The number of benzene rings is 2. The predicted octanol–water partition coefficient (Wildman–Crippen LogP) is 2.49. The van der Waals surface area contributed by atoms with E-state index in [-0.39, 0.29) is 11.9 Å². The van der Waals surface area contributed by atoms with Gasteiger partial charge in [-0.3, -0.25) is 9.59 Å². The molecular weight excluding hydrogens is 288 g/mol. The number of carbonyl (C=O) groups is 2. The zero-order valence-electron chi connectivity index (χ0n) is 13.5. The van der Waals surface area contributed by atoms with Gasteiger partial charge in [-0.05, 0) is 24.1 Å². The lowest BCUT2D eigenvalue weighted by atomic mass is 9.92. The molecule has 2 aromatic rings. The van der Waals surface area contributed by atoms with Gasteiger partial charge in [0, 0.05) is 18.7 Å². The highest BCUT2D eigenvalue weighted by atomic mass is 16.2. The summed E-state index contributed by atoms with van der Waals surface area (Å²) in [6.07, 6.45) is 0.583. The SMILES string of the molecule is C[C@@H](C(N)=O)[C@H](Cc1ccccc1)N(C)C(=O)c1ccccc1. The second kappa shape index (κ2) is 7.58. The van der Waals surface area contributed by atoms with Crippen LogP contribution in [0.4, 0.5) is 0 Å². The molecule has 2 amide bonds. The summed E-state index contributed by atoms with van der Waals surface area (Å²) in [6.45, 7) is 1.77. The summed E-state index contributed by atoms with van der Waals surface area (Å²) in [6, 6.07) is 18.6. The highest BCUT2D eigenvalue weighted by Crippen LogP contribution is 2.18. The molecule has 4 heteroatoms. The third kappa shape index (κ3) is 4.19. The molecule has 0 radical (unpaired) electrons. The first-order valence-corrected chi connectivity index (χ1v) is 7.66. The Labute approximate surface area is 136 Å². The van der Waals surface area contributed by atoms with Crippen LogP contribution in [0, 0.1) is 5.92 Å². The van der Waals surface area contributed by atoms with E-state index in [9.17, 15) is 9.59 Å². The van der Waals surface area contributed by atoms with Crippen molar-refractivity contribution in [2.24, 2.45) is 11.7 Å². The van der Waals surface area contributed by atoms with Crippen molar-refractivity contribution in [1.29, 1.82) is 0 Å². The monoisotopic (exact) mass is 310 g/mol. The minimum atomic E-state index is -0.437. The van der Waals surface area contributed by atoms with Gasteiger partial charge in [-0.1, -0.05) is 55.5 Å². The smallest absolute Gasteiger partial charge is 0.253 e. The maximum atomic E-state index is 12.7. The Kier molecular flexibility index (Phi) is 5.52. The third-order valence-corrected chi connectivity index (χ3v) is 4.15. The van der Waals surface area contributed by atoms with Gasteiger partial charge in [0.1, 0.15) is 0 Å². The molecule has 0 saturated heterocycles. The normalized spacial score (nSPS) is 13.1. The summed E-state index contributed by atoms with van der Waals surface area (Å²) >= 11 is 0. The lowest BCUT2D eigenvalue weighted by molar-refractivity contribution is -0.122. The first-order chi connectivity index (χ1) is 11.0. The van der Waals surface area contributed by atoms with Crippen LogP contribution >= 0.6 is 0 Å². The Bertz CT molecular complexity index is 656. The van der Waals surface area contributed by atoms with E-state index in [4.69, 9.17) is 5.73 Å². The first-order valence-electron chi connectivity index (χ1n) is 7.66. The van der Waals surface area contributed by atoms with Crippen LogP contribution in [-0.2, 0) is 11.2 Å². The molecule has 0 aliphatic heterocycles. The number of amides is 2. The van der Waals surface area contributed by atoms with Crippen molar-refractivity contribution in [1.82, 2.24) is 4.90 Å². The van der Waals surface area contributed by atoms with Crippen LogP contribution in [-0.4, -0.2) is 29.8 Å². The van der Waals surface area contributed by atoms with Crippen molar-refractivity contribution in [3.05, 3.63) is 71.8 Å². The number of rotatable bonds is 6. The fraction of sp³-hybridized carbons (Fsp3) is 0.263. The molecule has 2 aromatic carbocycles. The van der Waals surface area contributed by atoms with E-state index >= 15 is 0 Å². The molecular formula is C19H22N2O2. The fourth-order valence-corrected chi connectivity index (χ4v) is 2.63. The highest BCUT2D eigenvalue weighted by Gasteiger charge is 2.29. The van der Waals surface area contributed by atoms with Crippen molar-refractivity contribution in [3.63, 3.8) is 0 Å². The minimum absolute atomic E-state index is 0.111. The summed E-state index contributed by atoms with van der Waals surface area (Å²) < 4.78 is 0. The second-order valence-corrected chi connectivity index (χ2v) is 5.73. The van der Waals surface area contributed by atoms with Crippen molar-refractivity contribution in [2.75, 3.05) is 7.05 Å². The van der Waals surface area contributed by atoms with E-state index in [0.29, 0.717) is 12.0 Å². The average Bonchev–Trinajstić information content (AvgIpc) is 2.59. The van der Waals surface area contributed by atoms with Crippen molar-refractivity contribution in [2.45, 2.75) is 19.4 Å². The van der Waals surface area contributed by atoms with Crippen LogP contribution in [0.15, 0.2) is 60.7 Å². The number of nitrogens with two attached hydrogens (primary N) is 1. The van der Waals surface area contributed by atoms with E-state index < -0.39 is 11.8 Å². The maximum absolute atomic E-state index is 12.7. The van der Waals surface area contributed by atoms with E-state index in [1.165, 1.54) is 0 Å². The Morgan fingerprint density at radius 2 is 1.52 bits per heavy atom. The lowest BCUT2D eigenvalue weighted by Crippen LogP contribution is -2.46. The minimum Gasteiger partial charge on any atom is -0.369 e. The highest BCUT2D eigenvalue weighted by molar-refractivity contribution is 5.94. The Balaban J connectivity index is 2.25. The summed E-state index contributed by atoms with van der Waals surface area (Å²) in [7, 11) is 1.72. The van der Waals surface area contributed by atoms with Gasteiger partial charge in [-0.25, -0.2) is 0 Å². The maximum Gasteiger partial charge on any atom is 0.253 e. The number of hydrogen-bond acceptors (Lipinski definition) is 2. The van der Waals surface area contributed by atoms with Crippen LogP contribution in [0.2, 0.25) is 0 Å². The molecule has 0 heterocycles. The standard InChI is InChI=1S/C19H22N2O2/c1-14(18(20)22)17(13-15-9-5-3-6-10-15)21(2)19(23)16-11-7-4-8-12-16/h3-12,14,17H,13H2,1-2H3,(H2,20,22)/t14-,17+/m1/s1. The van der Waals surface area contributed by atoms with Gasteiger partial charge in [0.15, 0.2) is 0 Å². The van der Waals surface area contributed by atoms with Crippen molar-refractivity contribution >= 4 is 11.8 Å². The zero-order chi connectivity index (χ0) is 16.8. The quantitative estimate of drug-likeness (QED) is 0.891. The summed E-state index contributed by atoms with van der Waals surface area (Å²) in [5.41, 5.74) is 7.16. The lowest BCUT2D eigenvalue weighted by Gasteiger charge is -2.32. The summed E-state index contributed by atoms with van der Waals surface area (Å²) in [5.74, 6) is -0.953. The number of likely N-dealkylation sites (N-methyl/N-ethyl adjacent to an activating group) is 1. The molecule has 0 aromatic heterocycles. The molecule has 0 bridgehead atoms. The number of nitrogens with zero attached hydrogens (tertiary/aromatic N) is 1. The molecule has 0 saturated carbocycles. The average molecular weight is 310 g/mol. The van der Waals surface area contributed by atoms with Crippen LogP contribution in [0.5, 0.6) is 0 Å². The van der Waals surface area contributed by atoms with Gasteiger partial charge in [-0.15, -0.1) is 0 Å². The van der Waals surface area contributed by atoms with E-state index in [0.717, 1.165) is 5.56 Å². The van der Waals surface area contributed by atoms with Gasteiger partial charge in [0.2, 0.25) is 5.91 Å². The first kappa shape index (κ1) is 16.7. The number of primary amides is 1. The summed E-state index contributed by atoms with van der Waals surface area (Å²) in [5, 5.41) is 0. The van der Waals surface area contributed by atoms with Crippen molar-refractivity contribution in [3.8, 4) is 0 Å². The molecule has 23 heavy (non-hydrogen) atoms. The fourth-order valence-electron chi connectivity index (χ4n) is 2.63. The topological polar surface area (TPSA) is 63.4 Å². The Morgan fingerprint density at radius 1 is 1.00 bits per heavy atom. The molecule has 0 aliphatic rings. The molecule has 2 N–H and O–H groups in total. The van der Waals surface area contributed by atoms with Crippen LogP contribution in [0.25, 0.3) is 0 Å². The van der Waals surface area contributed by atoms with Crippen LogP contribution in [0.3, 0.4) is 0 Å². The molecule has 120 valence electrons. The van der Waals surface area contributed by atoms with E-state index in [1.54, 1.807) is 31.0 Å². The van der Waals surface area contributed by atoms with Gasteiger partial charge in [-0.2, -0.15) is 0 Å². The summed E-state index contributed by atoms with van der Waals surface area (Å²) in [4.78, 5) is 26.0. The number of hydrogen-bond donors (Lipinski definition) is 1. The van der Waals surface area contributed by atoms with Crippen LogP contribution < -0.4 is 5.73 Å². The third-order valence-electron chi connectivity index (χ3n) is 4.15.